The van der Waals surface area contributed by atoms with Crippen molar-refractivity contribution in [1.82, 2.24) is 5.32 Å². The van der Waals surface area contributed by atoms with Gasteiger partial charge in [0.15, 0.2) is 11.5 Å². The molecule has 1 atom stereocenters. The first-order valence-corrected chi connectivity index (χ1v) is 7.05. The van der Waals surface area contributed by atoms with E-state index in [0.717, 1.165) is 13.1 Å². The molecule has 1 unspecified atom stereocenters. The normalized spacial score (nSPS) is 14.9. The number of rotatable bonds is 6. The molecule has 1 aliphatic heterocycles. The molecule has 0 spiro atoms. The number of hydrogen-bond donors (Lipinski definition) is 3. The molecule has 1 aromatic carbocycles. The molecular weight excluding hydrogens is 322 g/mol. The third kappa shape index (κ3) is 4.05. The highest BCUT2D eigenvalue weighted by Gasteiger charge is 2.29. The maximum Gasteiger partial charge on any atom is 0.250 e. The summed E-state index contributed by atoms with van der Waals surface area (Å²) in [5, 5.41) is 5.90. The summed E-state index contributed by atoms with van der Waals surface area (Å²) in [4.78, 5) is 23.9. The number of carbonyl (C=O) groups excluding carboxylic acids is 2. The van der Waals surface area contributed by atoms with Crippen LogP contribution in [-0.2, 0) is 4.79 Å². The Hall–Kier alpha value is -1.99. The number of methoxy groups -OCH3 is 2. The maximum absolute atomic E-state index is 12.3. The van der Waals surface area contributed by atoms with E-state index in [-0.39, 0.29) is 29.8 Å². The molecule has 1 heterocycles. The zero-order valence-corrected chi connectivity index (χ0v) is 14.2. The second-order valence-corrected chi connectivity index (χ2v) is 5.31. The van der Waals surface area contributed by atoms with Gasteiger partial charge < -0.3 is 25.8 Å². The van der Waals surface area contributed by atoms with Crippen LogP contribution in [0.2, 0.25) is 0 Å². The Kier molecular flexibility index (Phi) is 6.65. The molecule has 0 aromatic heterocycles. The Morgan fingerprint density at radius 3 is 2.26 bits per heavy atom. The van der Waals surface area contributed by atoms with Gasteiger partial charge in [-0.3, -0.25) is 9.59 Å². The number of benzene rings is 1. The number of nitrogens with one attached hydrogen (secondary N) is 2. The van der Waals surface area contributed by atoms with Crippen molar-refractivity contribution in [3.8, 4) is 11.5 Å². The Morgan fingerprint density at radius 2 is 1.83 bits per heavy atom. The second kappa shape index (κ2) is 8.03. The fourth-order valence-corrected chi connectivity index (χ4v) is 2.31. The molecule has 1 fully saturated rings. The molecule has 1 aliphatic rings. The van der Waals surface area contributed by atoms with Crippen molar-refractivity contribution in [1.29, 1.82) is 0 Å². The monoisotopic (exact) mass is 343 g/mol. The van der Waals surface area contributed by atoms with E-state index in [1.807, 2.05) is 6.92 Å². The van der Waals surface area contributed by atoms with Crippen LogP contribution in [0.5, 0.6) is 11.5 Å². The van der Waals surface area contributed by atoms with Crippen LogP contribution >= 0.6 is 12.4 Å². The quantitative estimate of drug-likeness (QED) is 0.715. The lowest BCUT2D eigenvalue weighted by atomic mass is 9.88. The number of hydrogen-bond acceptors (Lipinski definition) is 5. The van der Waals surface area contributed by atoms with Gasteiger partial charge in [0.05, 0.1) is 25.5 Å². The molecule has 0 aliphatic carbocycles. The standard InChI is InChI=1S/C15H21N3O4.ClH/c1-8(9-6-17-7-9)15(20)18-11-5-13(22-3)12(21-2)4-10(11)14(16)19;/h4-5,8-9,17H,6-7H2,1-3H3,(H2,16,19)(H,18,20);1H. The lowest BCUT2D eigenvalue weighted by Gasteiger charge is -2.31. The highest BCUT2D eigenvalue weighted by Crippen LogP contribution is 2.33. The predicted molar refractivity (Wildman–Crippen MR) is 89.5 cm³/mol. The second-order valence-electron chi connectivity index (χ2n) is 5.31. The van der Waals surface area contributed by atoms with Crippen molar-refractivity contribution in [3.05, 3.63) is 17.7 Å². The van der Waals surface area contributed by atoms with Crippen LogP contribution < -0.4 is 25.8 Å². The fourth-order valence-electron chi connectivity index (χ4n) is 2.31. The molecule has 8 heteroatoms. The summed E-state index contributed by atoms with van der Waals surface area (Å²) >= 11 is 0. The number of primary amides is 1. The maximum atomic E-state index is 12.3. The zero-order valence-electron chi connectivity index (χ0n) is 13.3. The lowest BCUT2D eigenvalue weighted by Crippen LogP contribution is -2.48. The van der Waals surface area contributed by atoms with Crippen LogP contribution in [0.3, 0.4) is 0 Å². The van der Waals surface area contributed by atoms with Gasteiger partial charge in [-0.05, 0) is 25.1 Å². The van der Waals surface area contributed by atoms with Crippen LogP contribution in [0.4, 0.5) is 5.69 Å². The molecule has 2 rings (SSSR count). The topological polar surface area (TPSA) is 103 Å². The molecule has 128 valence electrons. The van der Waals surface area contributed by atoms with Gasteiger partial charge in [-0.25, -0.2) is 0 Å². The first-order chi connectivity index (χ1) is 10.5. The minimum absolute atomic E-state index is 0. The third-order valence-electron chi connectivity index (χ3n) is 3.98. The van der Waals surface area contributed by atoms with Gasteiger partial charge in [-0.1, -0.05) is 6.92 Å². The summed E-state index contributed by atoms with van der Waals surface area (Å²) in [5.41, 5.74) is 5.90. The van der Waals surface area contributed by atoms with Crippen molar-refractivity contribution < 1.29 is 19.1 Å². The van der Waals surface area contributed by atoms with Crippen LogP contribution in [0.1, 0.15) is 17.3 Å². The largest absolute Gasteiger partial charge is 0.493 e. The van der Waals surface area contributed by atoms with Gasteiger partial charge in [0.1, 0.15) is 0 Å². The van der Waals surface area contributed by atoms with E-state index < -0.39 is 5.91 Å². The van der Waals surface area contributed by atoms with Crippen LogP contribution in [0, 0.1) is 11.8 Å². The Labute approximate surface area is 141 Å². The van der Waals surface area contributed by atoms with E-state index in [9.17, 15) is 9.59 Å². The number of nitrogens with two attached hydrogens (primary N) is 1. The van der Waals surface area contributed by atoms with Gasteiger partial charge in [-0.2, -0.15) is 0 Å². The van der Waals surface area contributed by atoms with Crippen molar-refractivity contribution in [3.63, 3.8) is 0 Å². The highest BCUT2D eigenvalue weighted by molar-refractivity contribution is 6.04. The lowest BCUT2D eigenvalue weighted by molar-refractivity contribution is -0.121. The van der Waals surface area contributed by atoms with Crippen LogP contribution in [-0.4, -0.2) is 39.1 Å². The van der Waals surface area contributed by atoms with E-state index in [1.165, 1.54) is 20.3 Å². The highest BCUT2D eigenvalue weighted by atomic mass is 35.5. The molecule has 0 bridgehead atoms. The molecule has 7 nitrogen and oxygen atoms in total. The molecule has 23 heavy (non-hydrogen) atoms. The van der Waals surface area contributed by atoms with E-state index in [0.29, 0.717) is 23.1 Å². The number of halogens is 1. The van der Waals surface area contributed by atoms with Gasteiger partial charge >= 0.3 is 0 Å². The van der Waals surface area contributed by atoms with Crippen molar-refractivity contribution in [2.45, 2.75) is 6.92 Å². The Morgan fingerprint density at radius 1 is 1.26 bits per heavy atom. The van der Waals surface area contributed by atoms with Crippen molar-refractivity contribution >= 4 is 29.9 Å². The van der Waals surface area contributed by atoms with E-state index in [4.69, 9.17) is 15.2 Å². The summed E-state index contributed by atoms with van der Waals surface area (Å²) < 4.78 is 10.3. The first kappa shape index (κ1) is 19.1. The average molecular weight is 344 g/mol. The zero-order chi connectivity index (χ0) is 16.3. The minimum Gasteiger partial charge on any atom is -0.493 e. The van der Waals surface area contributed by atoms with E-state index in [1.54, 1.807) is 6.07 Å². The van der Waals surface area contributed by atoms with Gasteiger partial charge in [0.25, 0.3) is 5.91 Å². The average Bonchev–Trinajstić information content (AvgIpc) is 2.44. The fraction of sp³-hybridized carbons (Fsp3) is 0.467. The first-order valence-electron chi connectivity index (χ1n) is 7.05. The molecule has 2 amide bonds. The van der Waals surface area contributed by atoms with Gasteiger partial charge in [0, 0.05) is 12.0 Å². The van der Waals surface area contributed by atoms with E-state index in [2.05, 4.69) is 10.6 Å². The summed E-state index contributed by atoms with van der Waals surface area (Å²) in [7, 11) is 2.95. The molecule has 4 N–H and O–H groups in total. The third-order valence-corrected chi connectivity index (χ3v) is 3.98. The molecular formula is C15H22ClN3O4. The Balaban J connectivity index is 0.00000264. The number of carbonyl (C=O) groups is 2. The Bertz CT molecular complexity index is 590. The molecule has 0 radical (unpaired) electrons. The number of anilines is 1. The van der Waals surface area contributed by atoms with E-state index >= 15 is 0 Å². The number of amides is 2. The summed E-state index contributed by atoms with van der Waals surface area (Å²) in [6.07, 6.45) is 0. The summed E-state index contributed by atoms with van der Waals surface area (Å²) in [6.45, 7) is 3.51. The predicted octanol–water partition coefficient (Wildman–Crippen LogP) is 1.02. The van der Waals surface area contributed by atoms with Gasteiger partial charge in [0.2, 0.25) is 5.91 Å². The summed E-state index contributed by atoms with van der Waals surface area (Å²) in [6, 6.07) is 3.01. The summed E-state index contributed by atoms with van der Waals surface area (Å²) in [5.74, 6) is 0.147. The molecule has 0 saturated carbocycles. The molecule has 1 saturated heterocycles. The van der Waals surface area contributed by atoms with Gasteiger partial charge in [-0.15, -0.1) is 12.4 Å². The SMILES string of the molecule is COc1cc(NC(=O)C(C)C2CNC2)c(C(N)=O)cc1OC.Cl. The molecule has 1 aromatic rings. The smallest absolute Gasteiger partial charge is 0.250 e. The minimum atomic E-state index is -0.644. The van der Waals surface area contributed by atoms with Crippen LogP contribution in [0.15, 0.2) is 12.1 Å². The van der Waals surface area contributed by atoms with Crippen molar-refractivity contribution in [2.75, 3.05) is 32.6 Å². The van der Waals surface area contributed by atoms with Crippen LogP contribution in [0.25, 0.3) is 0 Å². The number of ether oxygens (including phenoxy) is 2. The van der Waals surface area contributed by atoms with Crippen molar-refractivity contribution in [2.24, 2.45) is 17.6 Å².